The number of fused-ring (bicyclic) bond motifs is 2. The van der Waals surface area contributed by atoms with Crippen LogP contribution in [0, 0.1) is 13.8 Å². The van der Waals surface area contributed by atoms with Crippen LogP contribution in [0.3, 0.4) is 0 Å². The maximum Gasteiger partial charge on any atom is -0.0233 e. The highest BCUT2D eigenvalue weighted by Crippen LogP contribution is 2.25. The van der Waals surface area contributed by atoms with E-state index < -0.39 is 0 Å². The second-order valence-electron chi connectivity index (χ2n) is 5.48. The number of aryl methyl sites for hydroxylation is 5. The molecule has 0 fully saturated rings. The zero-order chi connectivity index (χ0) is 12.5. The third-order valence-corrected chi connectivity index (χ3v) is 4.18. The minimum atomic E-state index is 1.30. The van der Waals surface area contributed by atoms with Crippen LogP contribution in [0.4, 0.5) is 0 Å². The summed E-state index contributed by atoms with van der Waals surface area (Å²) < 4.78 is 0. The van der Waals surface area contributed by atoms with Crippen LogP contribution in [0.15, 0.2) is 36.4 Å². The molecule has 0 heterocycles. The molecule has 0 amide bonds. The van der Waals surface area contributed by atoms with Crippen LogP contribution in [0.1, 0.15) is 33.4 Å². The number of benzene rings is 2. The van der Waals surface area contributed by atoms with Crippen molar-refractivity contribution in [2.24, 2.45) is 0 Å². The summed E-state index contributed by atoms with van der Waals surface area (Å²) in [5, 5.41) is 0. The number of hydrogen-bond donors (Lipinski definition) is 0. The molecule has 0 aromatic heterocycles. The molecule has 0 N–H and O–H groups in total. The van der Waals surface area contributed by atoms with Crippen molar-refractivity contribution >= 4 is 0 Å². The summed E-state index contributed by atoms with van der Waals surface area (Å²) in [6.07, 6.45) is 5.21. The maximum absolute atomic E-state index is 2.29. The van der Waals surface area contributed by atoms with Gasteiger partial charge in [-0.2, -0.15) is 0 Å². The Morgan fingerprint density at radius 3 is 1.94 bits per heavy atom. The molecule has 18 heavy (non-hydrogen) atoms. The molecule has 0 bridgehead atoms. The van der Waals surface area contributed by atoms with Crippen LogP contribution in [-0.2, 0) is 25.7 Å². The van der Waals surface area contributed by atoms with Crippen LogP contribution < -0.4 is 0 Å². The van der Waals surface area contributed by atoms with Crippen LogP contribution in [-0.4, -0.2) is 0 Å². The molecule has 2 aromatic carbocycles. The summed E-state index contributed by atoms with van der Waals surface area (Å²) in [6, 6.07) is 13.3. The van der Waals surface area contributed by atoms with Gasteiger partial charge in [0.25, 0.3) is 0 Å². The van der Waals surface area contributed by atoms with Gasteiger partial charge in [0.05, 0.1) is 0 Å². The van der Waals surface area contributed by atoms with Gasteiger partial charge in [-0.3, -0.25) is 0 Å². The predicted octanol–water partition coefficient (Wildman–Crippen LogP) is 4.19. The fourth-order valence-electron chi connectivity index (χ4n) is 2.76. The average molecular weight is 236 g/mol. The van der Waals surface area contributed by atoms with E-state index in [4.69, 9.17) is 0 Å². The van der Waals surface area contributed by atoms with E-state index in [9.17, 15) is 0 Å². The topological polar surface area (TPSA) is 0 Å². The summed E-state index contributed by atoms with van der Waals surface area (Å²) >= 11 is 0. The molecular weight excluding hydrogens is 216 g/mol. The highest BCUT2D eigenvalue weighted by Gasteiger charge is 2.13. The van der Waals surface area contributed by atoms with Crippen LogP contribution >= 0.6 is 0 Å². The molecule has 2 aliphatic carbocycles. The Bertz CT molecular complexity index is 564. The van der Waals surface area contributed by atoms with Gasteiger partial charge >= 0.3 is 0 Å². The van der Waals surface area contributed by atoms with Gasteiger partial charge in [0.1, 0.15) is 0 Å². The van der Waals surface area contributed by atoms with Gasteiger partial charge in [0, 0.05) is 0 Å². The van der Waals surface area contributed by atoms with Crippen molar-refractivity contribution < 1.29 is 0 Å². The van der Waals surface area contributed by atoms with Gasteiger partial charge in [-0.15, -0.1) is 0 Å². The summed E-state index contributed by atoms with van der Waals surface area (Å²) in [5.74, 6) is 0. The third-order valence-electron chi connectivity index (χ3n) is 4.18. The average Bonchev–Trinajstić information content (AvgIpc) is 2.27. The van der Waals surface area contributed by atoms with Gasteiger partial charge < -0.3 is 0 Å². The zero-order valence-corrected chi connectivity index (χ0v) is 11.3. The lowest BCUT2D eigenvalue weighted by atomic mass is 9.85. The normalized spacial score (nSPS) is 14.3. The van der Waals surface area contributed by atoms with Crippen molar-refractivity contribution in [2.75, 3.05) is 0 Å². The SMILES string of the molecule is Cc1ccc2c(c1)CC2.Cc1cccc2c1CC2. The molecule has 0 unspecified atom stereocenters. The second-order valence-corrected chi connectivity index (χ2v) is 5.48. The van der Waals surface area contributed by atoms with Gasteiger partial charge in [-0.05, 0) is 67.3 Å². The first-order chi connectivity index (χ1) is 8.74. The summed E-state index contributed by atoms with van der Waals surface area (Å²) in [6.45, 7) is 4.34. The highest BCUT2D eigenvalue weighted by molar-refractivity contribution is 5.41. The zero-order valence-electron chi connectivity index (χ0n) is 11.3. The molecule has 0 saturated carbocycles. The van der Waals surface area contributed by atoms with Gasteiger partial charge in [-0.1, -0.05) is 42.0 Å². The number of rotatable bonds is 0. The quantitative estimate of drug-likeness (QED) is 0.643. The molecule has 0 saturated heterocycles. The summed E-state index contributed by atoms with van der Waals surface area (Å²) in [4.78, 5) is 0. The molecule has 0 nitrogen and oxygen atoms in total. The monoisotopic (exact) mass is 236 g/mol. The molecule has 2 aromatic rings. The first kappa shape index (κ1) is 11.5. The van der Waals surface area contributed by atoms with Crippen molar-refractivity contribution in [3.05, 3.63) is 69.8 Å². The van der Waals surface area contributed by atoms with E-state index in [-0.39, 0.29) is 0 Å². The second kappa shape index (κ2) is 4.61. The van der Waals surface area contributed by atoms with Crippen molar-refractivity contribution in [1.82, 2.24) is 0 Å². The first-order valence-corrected chi connectivity index (χ1v) is 6.90. The Morgan fingerprint density at radius 1 is 0.722 bits per heavy atom. The van der Waals surface area contributed by atoms with E-state index in [1.165, 1.54) is 36.8 Å². The van der Waals surface area contributed by atoms with Gasteiger partial charge in [0.2, 0.25) is 0 Å². The summed E-state index contributed by atoms with van der Waals surface area (Å²) in [5.41, 5.74) is 9.15. The highest BCUT2D eigenvalue weighted by atomic mass is 14.2. The van der Waals surface area contributed by atoms with Gasteiger partial charge in [0.15, 0.2) is 0 Å². The van der Waals surface area contributed by atoms with Crippen molar-refractivity contribution in [1.29, 1.82) is 0 Å². The van der Waals surface area contributed by atoms with E-state index in [1.54, 1.807) is 22.3 Å². The standard InChI is InChI=1S/2C9H10/c1-7-2-3-8-4-5-9(8)6-7;1-7-3-2-4-8-5-6-9(7)8/h2-3,6H,4-5H2,1H3;2-4H,5-6H2,1H3. The smallest absolute Gasteiger partial charge is 0.0233 e. The van der Waals surface area contributed by atoms with Crippen molar-refractivity contribution in [2.45, 2.75) is 39.5 Å². The Balaban J connectivity index is 0.000000111. The Labute approximate surface area is 110 Å². The van der Waals surface area contributed by atoms with Crippen molar-refractivity contribution in [3.8, 4) is 0 Å². The van der Waals surface area contributed by atoms with Crippen LogP contribution in [0.2, 0.25) is 0 Å². The fraction of sp³-hybridized carbons (Fsp3) is 0.333. The lowest BCUT2D eigenvalue weighted by Crippen LogP contribution is -2.09. The molecule has 0 aliphatic heterocycles. The molecular formula is C18H20. The minimum Gasteiger partial charge on any atom is -0.0617 e. The van der Waals surface area contributed by atoms with Crippen molar-refractivity contribution in [3.63, 3.8) is 0 Å². The Morgan fingerprint density at radius 2 is 1.50 bits per heavy atom. The lowest BCUT2D eigenvalue weighted by molar-refractivity contribution is 0.828. The van der Waals surface area contributed by atoms with Crippen LogP contribution in [0.5, 0.6) is 0 Å². The maximum atomic E-state index is 2.29. The van der Waals surface area contributed by atoms with E-state index in [1.807, 2.05) is 0 Å². The van der Waals surface area contributed by atoms with E-state index in [0.29, 0.717) is 0 Å². The molecule has 0 radical (unpaired) electrons. The van der Waals surface area contributed by atoms with Crippen LogP contribution in [0.25, 0.3) is 0 Å². The first-order valence-electron chi connectivity index (χ1n) is 6.90. The molecule has 0 spiro atoms. The van der Waals surface area contributed by atoms with Gasteiger partial charge in [-0.25, -0.2) is 0 Å². The molecule has 0 heteroatoms. The Kier molecular flexibility index (Phi) is 2.95. The fourth-order valence-corrected chi connectivity index (χ4v) is 2.76. The third kappa shape index (κ3) is 2.08. The number of hydrogen-bond acceptors (Lipinski definition) is 0. The molecule has 4 rings (SSSR count). The lowest BCUT2D eigenvalue weighted by Gasteiger charge is -2.20. The molecule has 92 valence electrons. The van der Waals surface area contributed by atoms with E-state index in [2.05, 4.69) is 50.2 Å². The predicted molar refractivity (Wildman–Crippen MR) is 77.2 cm³/mol. The van der Waals surface area contributed by atoms with E-state index >= 15 is 0 Å². The largest absolute Gasteiger partial charge is 0.0617 e. The molecule has 2 aliphatic rings. The Hall–Kier alpha value is -1.56. The molecule has 0 atom stereocenters. The summed E-state index contributed by atoms with van der Waals surface area (Å²) in [7, 11) is 0. The minimum absolute atomic E-state index is 1.30. The van der Waals surface area contributed by atoms with E-state index in [0.717, 1.165) is 0 Å².